The molecule has 1 N–H and O–H groups in total. The van der Waals surface area contributed by atoms with Crippen LogP contribution in [-0.2, 0) is 10.8 Å². The summed E-state index contributed by atoms with van der Waals surface area (Å²) in [4.78, 5) is 4.65. The largest absolute Gasteiger partial charge is 0.507 e. The zero-order valence-electron chi connectivity index (χ0n) is 18.0. The van der Waals surface area contributed by atoms with Gasteiger partial charge in [-0.05, 0) is 47.4 Å². The smallest absolute Gasteiger partial charge is 0.124 e. The van der Waals surface area contributed by atoms with E-state index in [1.54, 1.807) is 6.08 Å². The average molecular weight is 364 g/mol. The zero-order chi connectivity index (χ0) is 20.4. The zero-order valence-corrected chi connectivity index (χ0v) is 18.0. The Labute approximate surface area is 164 Å². The monoisotopic (exact) mass is 363 g/mol. The average Bonchev–Trinajstić information content (AvgIpc) is 2.54. The molecular weight excluding hydrogens is 330 g/mol. The molecule has 2 aromatic carbocycles. The third-order valence-corrected chi connectivity index (χ3v) is 4.73. The van der Waals surface area contributed by atoms with Gasteiger partial charge in [0.05, 0.1) is 5.69 Å². The van der Waals surface area contributed by atoms with E-state index in [1.807, 2.05) is 44.2 Å². The number of rotatable bonds is 3. The topological polar surface area (TPSA) is 32.6 Å². The van der Waals surface area contributed by atoms with Gasteiger partial charge in [-0.15, -0.1) is 0 Å². The van der Waals surface area contributed by atoms with Crippen molar-refractivity contribution in [2.75, 3.05) is 0 Å². The third kappa shape index (κ3) is 5.32. The van der Waals surface area contributed by atoms with E-state index in [-0.39, 0.29) is 16.6 Å². The van der Waals surface area contributed by atoms with E-state index in [1.165, 1.54) is 5.56 Å². The fraction of sp³-hybridized carbons (Fsp3) is 0.400. The minimum atomic E-state index is -0.0700. The summed E-state index contributed by atoms with van der Waals surface area (Å²) in [5, 5.41) is 10.9. The lowest BCUT2D eigenvalue weighted by molar-refractivity contribution is 0.504. The molecule has 0 unspecified atom stereocenters. The molecule has 0 radical (unpaired) electrons. The number of aryl methyl sites for hydroxylation is 1. The maximum atomic E-state index is 10.9. The molecule has 2 aromatic rings. The van der Waals surface area contributed by atoms with Crippen molar-refractivity contribution in [3.63, 3.8) is 0 Å². The van der Waals surface area contributed by atoms with Gasteiger partial charge in [-0.3, -0.25) is 4.99 Å². The molecule has 2 heteroatoms. The van der Waals surface area contributed by atoms with Gasteiger partial charge in [0.25, 0.3) is 0 Å². The molecule has 144 valence electrons. The normalized spacial score (nSPS) is 13.8. The number of aliphatic hydroxyl groups excluding tert-OH is 1. The van der Waals surface area contributed by atoms with E-state index in [2.05, 4.69) is 58.7 Å². The van der Waals surface area contributed by atoms with E-state index in [4.69, 9.17) is 0 Å². The molecule has 0 spiro atoms. The fourth-order valence-electron chi connectivity index (χ4n) is 3.04. The first-order valence-electron chi connectivity index (χ1n) is 9.56. The number of benzene rings is 2. The molecule has 0 fully saturated rings. The summed E-state index contributed by atoms with van der Waals surface area (Å²) in [6.45, 7) is 17.1. The molecule has 27 heavy (non-hydrogen) atoms. The molecular formula is C25H33NO. The van der Waals surface area contributed by atoms with Crippen LogP contribution in [0.15, 0.2) is 53.5 Å². The Morgan fingerprint density at radius 3 is 2.11 bits per heavy atom. The van der Waals surface area contributed by atoms with E-state index >= 15 is 0 Å². The van der Waals surface area contributed by atoms with Gasteiger partial charge < -0.3 is 5.11 Å². The van der Waals surface area contributed by atoms with Crippen LogP contribution < -0.4 is 0 Å². The Bertz CT molecular complexity index is 874. The minimum Gasteiger partial charge on any atom is -0.507 e. The van der Waals surface area contributed by atoms with E-state index in [0.717, 1.165) is 28.1 Å². The van der Waals surface area contributed by atoms with Crippen LogP contribution in [-0.4, -0.2) is 10.8 Å². The molecule has 0 heterocycles. The van der Waals surface area contributed by atoms with Crippen molar-refractivity contribution >= 4 is 17.2 Å². The lowest BCUT2D eigenvalue weighted by Gasteiger charge is -2.27. The lowest BCUT2D eigenvalue weighted by atomic mass is 9.78. The van der Waals surface area contributed by atoms with Crippen LogP contribution in [0.3, 0.4) is 0 Å². The molecule has 2 nitrogen and oxygen atoms in total. The fourth-order valence-corrected chi connectivity index (χ4v) is 3.04. The first-order valence-corrected chi connectivity index (χ1v) is 9.56. The van der Waals surface area contributed by atoms with Crippen LogP contribution in [0.4, 0.5) is 5.69 Å². The van der Waals surface area contributed by atoms with Crippen molar-refractivity contribution in [1.82, 2.24) is 0 Å². The summed E-state index contributed by atoms with van der Waals surface area (Å²) >= 11 is 0. The van der Waals surface area contributed by atoms with Gasteiger partial charge in [-0.25, -0.2) is 0 Å². The van der Waals surface area contributed by atoms with Crippen LogP contribution in [0.25, 0.3) is 5.76 Å². The van der Waals surface area contributed by atoms with Crippen LogP contribution >= 0.6 is 0 Å². The van der Waals surface area contributed by atoms with Crippen molar-refractivity contribution in [3.8, 4) is 0 Å². The Morgan fingerprint density at radius 2 is 1.56 bits per heavy atom. The first kappa shape index (κ1) is 21.0. The molecule has 0 saturated carbocycles. The Morgan fingerprint density at radius 1 is 0.926 bits per heavy atom. The SMILES string of the molecule is CC(/C=C(\O)c1ccc(C(C)(C)C)cc1C(C)(C)C)=N\c1ccccc1C. The van der Waals surface area contributed by atoms with Crippen LogP contribution in [0.5, 0.6) is 0 Å². The second-order valence-corrected chi connectivity index (χ2v) is 9.33. The molecule has 0 atom stereocenters. The van der Waals surface area contributed by atoms with Gasteiger partial charge in [0.15, 0.2) is 0 Å². The standard InChI is InChI=1S/C25H33NO/c1-17-11-9-10-12-22(17)26-18(2)15-23(27)20-14-13-19(24(3,4)5)16-21(20)25(6,7)8/h9-16,27H,1-8H3/b23-15-,26-18+. The van der Waals surface area contributed by atoms with Gasteiger partial charge in [-0.1, -0.05) is 77.9 Å². The molecule has 0 aliphatic carbocycles. The van der Waals surface area contributed by atoms with Crippen molar-refractivity contribution in [2.24, 2.45) is 4.99 Å². The highest BCUT2D eigenvalue weighted by Crippen LogP contribution is 2.34. The Hall–Kier alpha value is -2.35. The highest BCUT2D eigenvalue weighted by atomic mass is 16.3. The quantitative estimate of drug-likeness (QED) is 0.451. The maximum absolute atomic E-state index is 10.9. The number of hydrogen-bond acceptors (Lipinski definition) is 2. The van der Waals surface area contributed by atoms with E-state index in [0.29, 0.717) is 0 Å². The molecule has 0 bridgehead atoms. The second-order valence-electron chi connectivity index (χ2n) is 9.33. The summed E-state index contributed by atoms with van der Waals surface area (Å²) in [6.07, 6.45) is 1.76. The molecule has 0 amide bonds. The molecule has 0 aliphatic rings. The Kier molecular flexibility index (Phi) is 5.99. The number of hydrogen-bond donors (Lipinski definition) is 1. The highest BCUT2D eigenvalue weighted by molar-refractivity contribution is 5.99. The number of allylic oxidation sites excluding steroid dienone is 1. The summed E-state index contributed by atoms with van der Waals surface area (Å²) in [5.74, 6) is 0.259. The van der Waals surface area contributed by atoms with Crippen molar-refractivity contribution < 1.29 is 5.11 Å². The van der Waals surface area contributed by atoms with Gasteiger partial charge in [0.1, 0.15) is 5.76 Å². The maximum Gasteiger partial charge on any atom is 0.124 e. The summed E-state index contributed by atoms with van der Waals surface area (Å²) < 4.78 is 0. The third-order valence-electron chi connectivity index (χ3n) is 4.73. The highest BCUT2D eigenvalue weighted by Gasteiger charge is 2.23. The number of aliphatic imine (C=N–C) groups is 1. The summed E-state index contributed by atoms with van der Waals surface area (Å²) in [6, 6.07) is 14.4. The predicted octanol–water partition coefficient (Wildman–Crippen LogP) is 7.28. The van der Waals surface area contributed by atoms with E-state index in [9.17, 15) is 5.11 Å². The molecule has 0 saturated heterocycles. The van der Waals surface area contributed by atoms with Gasteiger partial charge in [0, 0.05) is 17.4 Å². The minimum absolute atomic E-state index is 0.0695. The van der Waals surface area contributed by atoms with Crippen molar-refractivity contribution in [3.05, 3.63) is 70.8 Å². The summed E-state index contributed by atoms with van der Waals surface area (Å²) in [7, 11) is 0. The first-order chi connectivity index (χ1) is 12.4. The molecule has 0 aliphatic heterocycles. The van der Waals surface area contributed by atoms with Crippen LogP contribution in [0, 0.1) is 6.92 Å². The number of para-hydroxylation sites is 1. The molecule has 0 aromatic heterocycles. The number of aliphatic hydroxyl groups is 1. The Balaban J connectivity index is 2.50. The van der Waals surface area contributed by atoms with Gasteiger partial charge in [-0.2, -0.15) is 0 Å². The lowest BCUT2D eigenvalue weighted by Crippen LogP contribution is -2.18. The van der Waals surface area contributed by atoms with Crippen LogP contribution in [0.1, 0.15) is 70.7 Å². The van der Waals surface area contributed by atoms with Gasteiger partial charge >= 0.3 is 0 Å². The van der Waals surface area contributed by atoms with Gasteiger partial charge in [0.2, 0.25) is 0 Å². The molecule has 2 rings (SSSR count). The second kappa shape index (κ2) is 7.72. The van der Waals surface area contributed by atoms with E-state index < -0.39 is 0 Å². The summed E-state index contributed by atoms with van der Waals surface area (Å²) in [5.41, 5.74) is 6.12. The predicted molar refractivity (Wildman–Crippen MR) is 118 cm³/mol. The van der Waals surface area contributed by atoms with Crippen molar-refractivity contribution in [1.29, 1.82) is 0 Å². The van der Waals surface area contributed by atoms with Crippen LogP contribution in [0.2, 0.25) is 0 Å². The number of nitrogens with zero attached hydrogens (tertiary/aromatic N) is 1. The van der Waals surface area contributed by atoms with Crippen molar-refractivity contribution in [2.45, 2.75) is 66.2 Å².